The van der Waals surface area contributed by atoms with E-state index in [1.54, 1.807) is 12.4 Å². The van der Waals surface area contributed by atoms with Gasteiger partial charge in [-0.25, -0.2) is 0 Å². The highest BCUT2D eigenvalue weighted by Crippen LogP contribution is 2.18. The van der Waals surface area contributed by atoms with E-state index in [0.717, 1.165) is 11.4 Å². The van der Waals surface area contributed by atoms with Gasteiger partial charge in [0, 0.05) is 84.8 Å². The summed E-state index contributed by atoms with van der Waals surface area (Å²) in [7, 11) is 0. The van der Waals surface area contributed by atoms with E-state index in [0.29, 0.717) is 32.5 Å². The molecule has 0 saturated heterocycles. The SMILES string of the molecule is CC(=O)N[C@](C)(CCCCN(Cc1ccccn1)Cc1ccccn1)C(=O)NCC(=O)N[C@@H](CCCNC(=N)N)C(=O)N[C@@H](CCCNC(=N)N)C(=O)N[C@@H](CCCNC(=N)N)C(=O)N[C@@H](CCCNC(=N)N)C(=O)N[C@@H](CCCNC(=N)N)C(=O)N[C@@H](CCCNC(=N)N)C(=O)N[C@@H](CCCNC(=N)N)C(=O)N[C@@H](CCCNC(=N)N)C(N)=O. The number of pyridine rings is 2. The quantitative estimate of drug-likeness (QED) is 0.0166. The molecule has 0 unspecified atom stereocenters. The van der Waals surface area contributed by atoms with E-state index in [1.165, 1.54) is 13.8 Å². The summed E-state index contributed by atoms with van der Waals surface area (Å²) in [6, 6.07) is -0.842. The van der Waals surface area contributed by atoms with Crippen LogP contribution in [0.4, 0.5) is 0 Å². The Balaban J connectivity index is 2.66. The lowest BCUT2D eigenvalue weighted by atomic mass is 9.93. The van der Waals surface area contributed by atoms with Gasteiger partial charge in [-0.05, 0) is 160 Å². The van der Waals surface area contributed by atoms with E-state index in [1.807, 2.05) is 36.4 Å². The average Bonchev–Trinajstić information content (AvgIpc) is 0.852. The number of carbonyl (C=O) groups is 11. The van der Waals surface area contributed by atoms with Crippen molar-refractivity contribution in [1.29, 1.82) is 43.3 Å². The van der Waals surface area contributed by atoms with Crippen LogP contribution in [-0.2, 0) is 65.8 Å². The number of unbranched alkanes of at least 4 members (excludes halogenated alkanes) is 1. The predicted octanol–water partition coefficient (Wildman–Crippen LogP) is -8.87. The van der Waals surface area contributed by atoms with Gasteiger partial charge in [0.1, 0.15) is 53.9 Å². The van der Waals surface area contributed by atoms with Crippen molar-refractivity contribution in [2.75, 3.05) is 65.4 Å². The Labute approximate surface area is 696 Å². The molecule has 0 saturated carbocycles. The molecule has 0 aromatic carbocycles. The minimum atomic E-state index is -1.61. The van der Waals surface area contributed by atoms with E-state index in [9.17, 15) is 52.7 Å². The molecule has 120 heavy (non-hydrogen) atoms. The molecule has 0 bridgehead atoms. The van der Waals surface area contributed by atoms with Crippen LogP contribution in [0.5, 0.6) is 0 Å². The van der Waals surface area contributed by atoms with Crippen LogP contribution in [0.3, 0.4) is 0 Å². The number of nitrogens with two attached hydrogens (primary N) is 9. The van der Waals surface area contributed by atoms with E-state index in [2.05, 4.69) is 111 Å². The van der Waals surface area contributed by atoms with Gasteiger partial charge in [0.25, 0.3) is 0 Å². The monoisotopic (exact) mass is 1690 g/mol. The van der Waals surface area contributed by atoms with Gasteiger partial charge >= 0.3 is 0 Å². The summed E-state index contributed by atoms with van der Waals surface area (Å²) in [6.45, 7) is 3.72. The molecule has 9 atom stereocenters. The molecule has 2 aromatic rings. The van der Waals surface area contributed by atoms with Gasteiger partial charge in [-0.2, -0.15) is 0 Å². The van der Waals surface area contributed by atoms with Crippen LogP contribution in [0.2, 0.25) is 0 Å². The van der Waals surface area contributed by atoms with E-state index in [4.69, 9.17) is 94.9 Å². The van der Waals surface area contributed by atoms with Gasteiger partial charge in [0.05, 0.1) is 17.9 Å². The Hall–Kier alpha value is -13.4. The van der Waals surface area contributed by atoms with Gasteiger partial charge in [0.2, 0.25) is 65.0 Å². The maximum atomic E-state index is 15.0. The number of carbonyl (C=O) groups excluding carboxylic acids is 11. The molecule has 11 amide bonds. The van der Waals surface area contributed by atoms with Crippen LogP contribution in [0, 0.1) is 43.3 Å². The number of rotatable bonds is 61. The highest BCUT2D eigenvalue weighted by Gasteiger charge is 2.37. The van der Waals surface area contributed by atoms with Crippen LogP contribution >= 0.6 is 0 Å². The minimum Gasteiger partial charge on any atom is -0.370 e. The Bertz CT molecular complexity index is 3650. The second-order valence-electron chi connectivity index (χ2n) is 28.3. The number of nitrogens with one attached hydrogen (secondary N) is 26. The van der Waals surface area contributed by atoms with Gasteiger partial charge < -0.3 is 147 Å². The molecule has 44 N–H and O–H groups in total. The summed E-state index contributed by atoms with van der Waals surface area (Å²) in [5.74, 6) is -13.2. The maximum absolute atomic E-state index is 15.0. The third kappa shape index (κ3) is 47.0. The predicted molar refractivity (Wildman–Crippen MR) is 450 cm³/mol. The van der Waals surface area contributed by atoms with Gasteiger partial charge in [-0.15, -0.1) is 0 Å². The number of aromatic nitrogens is 2. The normalized spacial score (nSPS) is 13.3. The first-order chi connectivity index (χ1) is 56.9. The molecule has 2 aromatic heterocycles. The largest absolute Gasteiger partial charge is 0.370 e. The number of amides is 11. The third-order valence-corrected chi connectivity index (χ3v) is 18.0. The molecule has 0 aliphatic heterocycles. The first-order valence-electron chi connectivity index (χ1n) is 39.3. The van der Waals surface area contributed by atoms with Crippen molar-refractivity contribution >= 4 is 113 Å². The number of hydrogen-bond donors (Lipinski definition) is 35. The lowest BCUT2D eigenvalue weighted by Gasteiger charge is -2.30. The lowest BCUT2D eigenvalue weighted by Crippen LogP contribution is -2.60. The zero-order valence-corrected chi connectivity index (χ0v) is 68.2. The second-order valence-corrected chi connectivity index (χ2v) is 28.3. The molecule has 49 heteroatoms. The summed E-state index contributed by atoms with van der Waals surface area (Å²) in [4.78, 5) is 168. The number of nitrogens with zero attached hydrogens (tertiary/aromatic N) is 3. The summed E-state index contributed by atoms with van der Waals surface area (Å²) < 4.78 is 0. The van der Waals surface area contributed by atoms with Crippen molar-refractivity contribution in [3.05, 3.63) is 60.2 Å². The molecule has 0 spiro atoms. The molecule has 0 radical (unpaired) electrons. The summed E-state index contributed by atoms with van der Waals surface area (Å²) in [5.41, 5.74) is 50.1. The van der Waals surface area contributed by atoms with Gasteiger partial charge in [0.15, 0.2) is 47.7 Å². The van der Waals surface area contributed by atoms with Crippen molar-refractivity contribution in [2.45, 2.75) is 203 Å². The molecule has 0 aliphatic carbocycles. The topological polar surface area (TPSA) is 858 Å². The molecule has 2 heterocycles. The van der Waals surface area contributed by atoms with Crippen LogP contribution in [-0.4, -0.2) is 247 Å². The van der Waals surface area contributed by atoms with E-state index < -0.39 is 167 Å². The first kappa shape index (κ1) is 103. The first-order valence-corrected chi connectivity index (χ1v) is 39.3. The van der Waals surface area contributed by atoms with Crippen molar-refractivity contribution in [1.82, 2.24) is 111 Å². The molecule has 668 valence electrons. The molecular formula is C71H128N38O11. The number of hydrogen-bond acceptors (Lipinski definition) is 22. The average molecular weight is 1690 g/mol. The Kier molecular flexibility index (Phi) is 49.3. The third-order valence-electron chi connectivity index (χ3n) is 18.0. The van der Waals surface area contributed by atoms with Crippen LogP contribution in [0.1, 0.15) is 147 Å². The Morgan fingerprint density at radius 2 is 0.600 bits per heavy atom. The maximum Gasteiger partial charge on any atom is 0.245 e. The van der Waals surface area contributed by atoms with E-state index >= 15 is 0 Å². The van der Waals surface area contributed by atoms with Gasteiger partial charge in [-0.3, -0.25) is 111 Å². The van der Waals surface area contributed by atoms with Crippen molar-refractivity contribution < 1.29 is 52.7 Å². The van der Waals surface area contributed by atoms with Crippen LogP contribution in [0.25, 0.3) is 0 Å². The van der Waals surface area contributed by atoms with Crippen molar-refractivity contribution in [3.63, 3.8) is 0 Å². The highest BCUT2D eigenvalue weighted by atomic mass is 16.2. The molecule has 0 aliphatic rings. The second kappa shape index (κ2) is 57.6. The van der Waals surface area contributed by atoms with Crippen LogP contribution < -0.4 is 147 Å². The zero-order chi connectivity index (χ0) is 89.5. The van der Waals surface area contributed by atoms with E-state index in [-0.39, 0.29) is 167 Å². The van der Waals surface area contributed by atoms with Gasteiger partial charge in [-0.1, -0.05) is 12.1 Å². The molecular weight excluding hydrogens is 1560 g/mol. The molecule has 2 rings (SSSR count). The smallest absolute Gasteiger partial charge is 0.245 e. The summed E-state index contributed by atoms with van der Waals surface area (Å²) >= 11 is 0. The fourth-order valence-electron chi connectivity index (χ4n) is 12.0. The molecule has 49 nitrogen and oxygen atoms in total. The lowest BCUT2D eigenvalue weighted by molar-refractivity contribution is -0.136. The van der Waals surface area contributed by atoms with Crippen molar-refractivity contribution in [3.8, 4) is 0 Å². The number of guanidine groups is 8. The minimum absolute atomic E-state index is 0.000500. The summed E-state index contributed by atoms with van der Waals surface area (Å²) in [6.07, 6.45) is 3.56. The fourth-order valence-corrected chi connectivity index (χ4v) is 12.0. The molecule has 0 fully saturated rings. The standard InChI is InChI=1S/C71H128N38O11/c1-42(110)108-71(2,27-5-8-38-109(40-43-17-3-6-28-89-43)41-44-18-4-7-29-90-44)62(120)99-39-53(111)100-46(20-10-31-92-64(75)76)55(113)102-48(22-12-33-94-66(79)80)57(115)104-50(24-14-35-96-68(83)84)59(117)106-52(26-16-37-98-70(87)88)61(119)107-51(25-15-36-97-69(85)86)60(118)105-49(23-13-34-95-67(81)82)58(116)103-47(21-11-32-93-65(77)78)56(114)101-45(54(72)112)19-9-30-91-63(73)74/h3-4,6-7,17-18,28-29,45-52H,5,8-16,19-27,30-41H2,1-2H3,(H2,72,112)(H,99,120)(H,100,111)(H,101,114)(H,102,113)(H,103,116)(H,104,115)(H,105,118)(H,106,117)(H,107,119)(H,108,110)(H4,73,74,91)(H4,75,76,92)(H4,77,78,93)(H4,79,80,94)(H4,81,82,95)(H4,83,84,96)(H4,85,86,97)(H4,87,88,98)/t45-,46-,47-,48-,49-,50-,51-,52-,71+/m0/s1. The fraction of sp³-hybridized carbons (Fsp3) is 0.592. The van der Waals surface area contributed by atoms with Crippen LogP contribution in [0.15, 0.2) is 48.8 Å². The summed E-state index contributed by atoms with van der Waals surface area (Å²) in [5, 5.41) is 109. The highest BCUT2D eigenvalue weighted by molar-refractivity contribution is 5.99. The zero-order valence-electron chi connectivity index (χ0n) is 68.2. The Morgan fingerprint density at radius 3 is 0.833 bits per heavy atom. The Morgan fingerprint density at radius 1 is 0.350 bits per heavy atom. The number of primary amides is 1. The van der Waals surface area contributed by atoms with Crippen molar-refractivity contribution in [2.24, 2.45) is 51.6 Å².